The number of fused-ring (bicyclic) bond motifs is 6. The third-order valence-electron chi connectivity index (χ3n) is 9.63. The first-order chi connectivity index (χ1) is 13.3. The van der Waals surface area contributed by atoms with Gasteiger partial charge in [-0.3, -0.25) is 9.59 Å². The van der Waals surface area contributed by atoms with Crippen molar-refractivity contribution in [2.75, 3.05) is 6.26 Å². The Balaban J connectivity index is 1.58. The molecule has 1 aliphatic heterocycles. The second-order valence-corrected chi connectivity index (χ2v) is 11.4. The Morgan fingerprint density at radius 3 is 2.50 bits per heavy atom. The predicted molar refractivity (Wildman–Crippen MR) is 109 cm³/mol. The number of carbonyl (C=O) groups excluding carboxylic acids is 2. The van der Waals surface area contributed by atoms with Gasteiger partial charge in [-0.2, -0.15) is 11.8 Å². The number of hydrogen-bond donors (Lipinski definition) is 1. The van der Waals surface area contributed by atoms with E-state index in [9.17, 15) is 14.7 Å². The van der Waals surface area contributed by atoms with Crippen LogP contribution in [0.15, 0.2) is 11.6 Å². The monoisotopic (exact) mass is 404 g/mol. The molecule has 4 aliphatic carbocycles. The summed E-state index contributed by atoms with van der Waals surface area (Å²) in [6.45, 7) is 4.66. The van der Waals surface area contributed by atoms with Gasteiger partial charge >= 0.3 is 5.97 Å². The van der Waals surface area contributed by atoms with Crippen LogP contribution in [0.1, 0.15) is 65.2 Å². The van der Waals surface area contributed by atoms with Crippen molar-refractivity contribution >= 4 is 23.5 Å². The van der Waals surface area contributed by atoms with Crippen LogP contribution in [0, 0.1) is 28.6 Å². The summed E-state index contributed by atoms with van der Waals surface area (Å²) in [7, 11) is 0. The second-order valence-electron chi connectivity index (χ2n) is 10.4. The van der Waals surface area contributed by atoms with Gasteiger partial charge < -0.3 is 9.84 Å². The summed E-state index contributed by atoms with van der Waals surface area (Å²) in [6, 6.07) is 0. The fraction of sp³-hybridized carbons (Fsp3) is 0.826. The predicted octanol–water partition coefficient (Wildman–Crippen LogP) is 3.91. The van der Waals surface area contributed by atoms with Gasteiger partial charge in [0.15, 0.2) is 5.78 Å². The minimum absolute atomic E-state index is 0.0100. The van der Waals surface area contributed by atoms with Gasteiger partial charge in [0.1, 0.15) is 5.60 Å². The zero-order valence-electron chi connectivity index (χ0n) is 17.2. The van der Waals surface area contributed by atoms with Gasteiger partial charge in [-0.25, -0.2) is 0 Å². The first kappa shape index (κ1) is 19.2. The van der Waals surface area contributed by atoms with E-state index in [1.807, 2.05) is 0 Å². The highest BCUT2D eigenvalue weighted by atomic mass is 32.2. The van der Waals surface area contributed by atoms with Crippen molar-refractivity contribution in [1.82, 2.24) is 0 Å². The maximum Gasteiger partial charge on any atom is 0.306 e. The van der Waals surface area contributed by atoms with E-state index in [0.29, 0.717) is 30.6 Å². The van der Waals surface area contributed by atoms with E-state index in [1.54, 1.807) is 17.8 Å². The maximum atomic E-state index is 12.2. The molecule has 154 valence electrons. The molecule has 8 atom stereocenters. The summed E-state index contributed by atoms with van der Waals surface area (Å²) in [5.74, 6) is 1.52. The number of aliphatic hydroxyl groups is 1. The van der Waals surface area contributed by atoms with Crippen molar-refractivity contribution in [1.29, 1.82) is 0 Å². The van der Waals surface area contributed by atoms with Gasteiger partial charge in [0, 0.05) is 23.5 Å². The van der Waals surface area contributed by atoms with E-state index in [2.05, 4.69) is 20.1 Å². The Hall–Kier alpha value is -0.810. The van der Waals surface area contributed by atoms with Crippen molar-refractivity contribution in [3.8, 4) is 0 Å². The van der Waals surface area contributed by atoms with Crippen LogP contribution in [0.3, 0.4) is 0 Å². The van der Waals surface area contributed by atoms with Crippen LogP contribution in [0.25, 0.3) is 0 Å². The minimum Gasteiger partial charge on any atom is -0.458 e. The summed E-state index contributed by atoms with van der Waals surface area (Å²) in [4.78, 5) is 24.2. The number of thioether (sulfide) groups is 1. The molecule has 28 heavy (non-hydrogen) atoms. The average molecular weight is 405 g/mol. The third-order valence-corrected chi connectivity index (χ3v) is 10.7. The molecule has 1 spiro atoms. The fourth-order valence-electron chi connectivity index (χ4n) is 8.13. The smallest absolute Gasteiger partial charge is 0.306 e. The summed E-state index contributed by atoms with van der Waals surface area (Å²) >= 11 is 1.76. The maximum absolute atomic E-state index is 12.2. The summed E-state index contributed by atoms with van der Waals surface area (Å²) < 4.78 is 6.04. The van der Waals surface area contributed by atoms with E-state index in [0.717, 1.165) is 44.1 Å². The molecule has 0 aromatic rings. The molecular weight excluding hydrogens is 372 g/mol. The molecule has 1 heterocycles. The molecule has 5 rings (SSSR count). The second kappa shape index (κ2) is 6.10. The van der Waals surface area contributed by atoms with Gasteiger partial charge in [0.05, 0.1) is 6.10 Å². The lowest BCUT2D eigenvalue weighted by Gasteiger charge is -2.62. The van der Waals surface area contributed by atoms with E-state index in [-0.39, 0.29) is 33.4 Å². The first-order valence-corrected chi connectivity index (χ1v) is 12.2. The summed E-state index contributed by atoms with van der Waals surface area (Å²) in [5, 5.41) is 11.5. The van der Waals surface area contributed by atoms with Crippen LogP contribution in [0.4, 0.5) is 0 Å². The molecule has 3 saturated carbocycles. The normalized spacial score (nSPS) is 52.7. The van der Waals surface area contributed by atoms with Gasteiger partial charge in [0.25, 0.3) is 0 Å². The van der Waals surface area contributed by atoms with Gasteiger partial charge in [-0.15, -0.1) is 0 Å². The molecular formula is C23H32O4S. The molecule has 5 aliphatic rings. The Morgan fingerprint density at radius 1 is 1.07 bits per heavy atom. The van der Waals surface area contributed by atoms with Gasteiger partial charge in [-0.05, 0) is 79.6 Å². The molecule has 1 saturated heterocycles. The van der Waals surface area contributed by atoms with E-state index in [1.165, 1.54) is 0 Å². The topological polar surface area (TPSA) is 63.6 Å². The molecule has 4 nitrogen and oxygen atoms in total. The standard InChI is InChI=1S/C23H32O4S/c1-21-8-4-13(24)12-16(21)19(26)20(28-3)18-14(21)5-9-22(2)15(18)6-10-23(22)11-7-17(25)27-23/h12,14-15,18-20,26H,4-11H2,1-3H3/t14?,15-,18+,19-,20-,21+,22-,23+/m0/s1. The summed E-state index contributed by atoms with van der Waals surface area (Å²) in [6.07, 6.45) is 10.4. The minimum atomic E-state index is -0.546. The lowest BCUT2D eigenvalue weighted by Crippen LogP contribution is -2.61. The number of hydrogen-bond acceptors (Lipinski definition) is 5. The molecule has 0 bridgehead atoms. The third kappa shape index (κ3) is 2.24. The fourth-order valence-corrected chi connectivity index (χ4v) is 9.22. The average Bonchev–Trinajstić information content (AvgIpc) is 3.18. The highest BCUT2D eigenvalue weighted by molar-refractivity contribution is 7.99. The van der Waals surface area contributed by atoms with Crippen LogP contribution < -0.4 is 0 Å². The molecule has 0 radical (unpaired) electrons. The lowest BCUT2D eigenvalue weighted by molar-refractivity contribution is -0.169. The van der Waals surface area contributed by atoms with Crippen LogP contribution in [-0.2, 0) is 14.3 Å². The zero-order chi connectivity index (χ0) is 19.9. The summed E-state index contributed by atoms with van der Waals surface area (Å²) in [5.41, 5.74) is 0.643. The molecule has 0 aromatic heterocycles. The van der Waals surface area contributed by atoms with Crippen LogP contribution >= 0.6 is 11.8 Å². The Kier molecular flexibility index (Phi) is 4.18. The zero-order valence-corrected chi connectivity index (χ0v) is 18.0. The van der Waals surface area contributed by atoms with Gasteiger partial charge in [-0.1, -0.05) is 13.8 Å². The molecule has 1 unspecified atom stereocenters. The molecule has 1 N–H and O–H groups in total. The van der Waals surface area contributed by atoms with E-state index >= 15 is 0 Å². The Morgan fingerprint density at radius 2 is 1.82 bits per heavy atom. The molecule has 5 heteroatoms. The largest absolute Gasteiger partial charge is 0.458 e. The highest BCUT2D eigenvalue weighted by Crippen LogP contribution is 2.70. The number of carbonyl (C=O) groups is 2. The Bertz CT molecular complexity index is 762. The van der Waals surface area contributed by atoms with E-state index < -0.39 is 6.10 Å². The Labute approximate surface area is 171 Å². The van der Waals surface area contributed by atoms with Crippen molar-refractivity contribution in [2.45, 2.75) is 82.2 Å². The molecule has 4 fully saturated rings. The number of esters is 1. The first-order valence-electron chi connectivity index (χ1n) is 10.9. The van der Waals surface area contributed by atoms with Crippen molar-refractivity contribution in [3.63, 3.8) is 0 Å². The SMILES string of the molecule is CS[C@H]1[C@@H]2C(CC[C@@]3(C)[C@H]2CC[C@@]32CCC(=O)O2)[C@@]2(C)CCC(=O)C=C2[C@@H]1O. The molecule has 0 aromatic carbocycles. The highest BCUT2D eigenvalue weighted by Gasteiger charge is 2.69. The lowest BCUT2D eigenvalue weighted by atomic mass is 9.45. The van der Waals surface area contributed by atoms with Gasteiger partial charge in [0.2, 0.25) is 0 Å². The van der Waals surface area contributed by atoms with Crippen molar-refractivity contribution in [2.24, 2.45) is 28.6 Å². The number of rotatable bonds is 1. The van der Waals surface area contributed by atoms with Crippen LogP contribution in [0.2, 0.25) is 0 Å². The van der Waals surface area contributed by atoms with E-state index in [4.69, 9.17) is 4.74 Å². The number of ether oxygens (including phenoxy) is 1. The quantitative estimate of drug-likeness (QED) is 0.672. The van der Waals surface area contributed by atoms with Crippen molar-refractivity contribution in [3.05, 3.63) is 11.6 Å². The number of ketones is 1. The van der Waals surface area contributed by atoms with Crippen molar-refractivity contribution < 1.29 is 19.4 Å². The number of aliphatic hydroxyl groups excluding tert-OH is 1. The molecule has 0 amide bonds. The van der Waals surface area contributed by atoms with Crippen LogP contribution in [0.5, 0.6) is 0 Å². The van der Waals surface area contributed by atoms with Crippen LogP contribution in [-0.4, -0.2) is 40.1 Å².